The summed E-state index contributed by atoms with van der Waals surface area (Å²) in [7, 11) is 0. The minimum atomic E-state index is -0.235. The van der Waals surface area contributed by atoms with E-state index < -0.39 is 0 Å². The zero-order valence-electron chi connectivity index (χ0n) is 13.7. The van der Waals surface area contributed by atoms with Gasteiger partial charge in [-0.05, 0) is 48.7 Å². The van der Waals surface area contributed by atoms with E-state index >= 15 is 0 Å². The summed E-state index contributed by atoms with van der Waals surface area (Å²) < 4.78 is 0. The SMILES string of the molecule is CC(NC(=O)NC(C)c1ccc2c(c1)CC(=O)N2)c1ccncc1. The van der Waals surface area contributed by atoms with Crippen LogP contribution < -0.4 is 16.0 Å². The average Bonchev–Trinajstić information content (AvgIpc) is 2.94. The van der Waals surface area contributed by atoms with E-state index in [0.29, 0.717) is 6.42 Å². The van der Waals surface area contributed by atoms with Crippen LogP contribution >= 0.6 is 0 Å². The number of carbonyl (C=O) groups excluding carboxylic acids is 2. The molecule has 6 nitrogen and oxygen atoms in total. The number of anilines is 1. The molecule has 6 heteroatoms. The molecular weight excluding hydrogens is 304 g/mol. The number of nitrogens with zero attached hydrogens (tertiary/aromatic N) is 1. The van der Waals surface area contributed by atoms with Crippen LogP contribution in [0.1, 0.15) is 42.6 Å². The fourth-order valence-electron chi connectivity index (χ4n) is 2.77. The van der Waals surface area contributed by atoms with Crippen LogP contribution in [0.4, 0.5) is 10.5 Å². The number of pyridine rings is 1. The van der Waals surface area contributed by atoms with E-state index in [4.69, 9.17) is 0 Å². The molecule has 2 unspecified atom stereocenters. The first kappa shape index (κ1) is 16.0. The number of benzene rings is 1. The molecule has 0 saturated heterocycles. The number of rotatable bonds is 4. The van der Waals surface area contributed by atoms with Crippen LogP contribution in [0.3, 0.4) is 0 Å². The number of nitrogens with one attached hydrogen (secondary N) is 3. The lowest BCUT2D eigenvalue weighted by Gasteiger charge is -2.19. The van der Waals surface area contributed by atoms with Gasteiger partial charge in [-0.15, -0.1) is 0 Å². The van der Waals surface area contributed by atoms with Gasteiger partial charge in [0.05, 0.1) is 18.5 Å². The lowest BCUT2D eigenvalue weighted by molar-refractivity contribution is -0.115. The summed E-state index contributed by atoms with van der Waals surface area (Å²) in [5.74, 6) is 0.00619. The van der Waals surface area contributed by atoms with Crippen molar-refractivity contribution >= 4 is 17.6 Å². The van der Waals surface area contributed by atoms with Gasteiger partial charge in [-0.2, -0.15) is 0 Å². The molecule has 2 atom stereocenters. The van der Waals surface area contributed by atoms with E-state index in [9.17, 15) is 9.59 Å². The van der Waals surface area contributed by atoms with Gasteiger partial charge in [0.15, 0.2) is 0 Å². The van der Waals surface area contributed by atoms with Crippen LogP contribution in [0.2, 0.25) is 0 Å². The molecule has 2 aromatic rings. The Hall–Kier alpha value is -2.89. The molecular formula is C18H20N4O2. The van der Waals surface area contributed by atoms with Crippen LogP contribution in [0.15, 0.2) is 42.7 Å². The third kappa shape index (κ3) is 3.53. The largest absolute Gasteiger partial charge is 0.332 e. The van der Waals surface area contributed by atoms with Crippen molar-refractivity contribution in [3.8, 4) is 0 Å². The molecule has 1 aromatic heterocycles. The summed E-state index contributed by atoms with van der Waals surface area (Å²) in [6.07, 6.45) is 3.79. The molecule has 2 heterocycles. The summed E-state index contributed by atoms with van der Waals surface area (Å²) in [5.41, 5.74) is 3.79. The fraction of sp³-hybridized carbons (Fsp3) is 0.278. The van der Waals surface area contributed by atoms with Gasteiger partial charge in [-0.25, -0.2) is 4.79 Å². The summed E-state index contributed by atoms with van der Waals surface area (Å²) in [5, 5.41) is 8.64. The molecule has 1 aromatic carbocycles. The Bertz CT molecular complexity index is 761. The number of aromatic nitrogens is 1. The second-order valence-corrected chi connectivity index (χ2v) is 5.98. The molecule has 1 aliphatic heterocycles. The molecule has 24 heavy (non-hydrogen) atoms. The maximum Gasteiger partial charge on any atom is 0.315 e. The van der Waals surface area contributed by atoms with Gasteiger partial charge in [-0.3, -0.25) is 9.78 Å². The van der Waals surface area contributed by atoms with Crippen molar-refractivity contribution in [2.45, 2.75) is 32.4 Å². The van der Waals surface area contributed by atoms with Crippen molar-refractivity contribution in [1.29, 1.82) is 0 Å². The van der Waals surface area contributed by atoms with E-state index in [1.54, 1.807) is 12.4 Å². The molecule has 1 aliphatic rings. The highest BCUT2D eigenvalue weighted by Crippen LogP contribution is 2.26. The molecule has 0 saturated carbocycles. The number of amides is 3. The Morgan fingerprint density at radius 2 is 1.75 bits per heavy atom. The maximum atomic E-state index is 12.2. The summed E-state index contributed by atoms with van der Waals surface area (Å²) in [4.78, 5) is 27.6. The minimum absolute atomic E-state index is 0.00619. The molecule has 0 spiro atoms. The Labute approximate surface area is 140 Å². The monoisotopic (exact) mass is 324 g/mol. The zero-order chi connectivity index (χ0) is 17.1. The lowest BCUT2D eigenvalue weighted by Crippen LogP contribution is -2.38. The van der Waals surface area contributed by atoms with Crippen molar-refractivity contribution in [1.82, 2.24) is 15.6 Å². The van der Waals surface area contributed by atoms with Crippen molar-refractivity contribution < 1.29 is 9.59 Å². The van der Waals surface area contributed by atoms with Gasteiger partial charge >= 0.3 is 6.03 Å². The quantitative estimate of drug-likeness (QED) is 0.808. The van der Waals surface area contributed by atoms with Crippen LogP contribution in [0.25, 0.3) is 0 Å². The lowest BCUT2D eigenvalue weighted by atomic mass is 10.0. The molecule has 0 fully saturated rings. The van der Waals surface area contributed by atoms with E-state index in [-0.39, 0.29) is 24.0 Å². The Morgan fingerprint density at radius 3 is 2.46 bits per heavy atom. The van der Waals surface area contributed by atoms with E-state index in [1.165, 1.54) is 0 Å². The van der Waals surface area contributed by atoms with Gasteiger partial charge < -0.3 is 16.0 Å². The number of hydrogen-bond donors (Lipinski definition) is 3. The standard InChI is InChI=1S/C18H20N4O2/c1-11(13-5-7-19-8-6-13)20-18(24)21-12(2)14-3-4-16-15(9-14)10-17(23)22-16/h3-9,11-12H,10H2,1-2H3,(H,22,23)(H2,20,21,24). The molecule has 3 N–H and O–H groups in total. The van der Waals surface area contributed by atoms with Crippen LogP contribution in [-0.4, -0.2) is 16.9 Å². The summed E-state index contributed by atoms with van der Waals surface area (Å²) in [6, 6.07) is 9.01. The third-order valence-corrected chi connectivity index (χ3v) is 4.16. The van der Waals surface area contributed by atoms with Crippen LogP contribution in [0.5, 0.6) is 0 Å². The molecule has 0 bridgehead atoms. The third-order valence-electron chi connectivity index (χ3n) is 4.16. The topological polar surface area (TPSA) is 83.1 Å². The Morgan fingerprint density at radius 1 is 1.08 bits per heavy atom. The smallest absolute Gasteiger partial charge is 0.315 e. The Balaban J connectivity index is 1.60. The predicted octanol–water partition coefficient (Wildman–Crippen LogP) is 2.70. The maximum absolute atomic E-state index is 12.2. The van der Waals surface area contributed by atoms with Crippen LogP contribution in [-0.2, 0) is 11.2 Å². The summed E-state index contributed by atoms with van der Waals surface area (Å²) in [6.45, 7) is 3.84. The second-order valence-electron chi connectivity index (χ2n) is 5.98. The van der Waals surface area contributed by atoms with E-state index in [0.717, 1.165) is 22.4 Å². The second kappa shape index (κ2) is 6.70. The highest BCUT2D eigenvalue weighted by atomic mass is 16.2. The van der Waals surface area contributed by atoms with Gasteiger partial charge in [0.25, 0.3) is 0 Å². The van der Waals surface area contributed by atoms with Crippen molar-refractivity contribution in [2.24, 2.45) is 0 Å². The zero-order valence-corrected chi connectivity index (χ0v) is 13.7. The first-order valence-corrected chi connectivity index (χ1v) is 7.92. The van der Waals surface area contributed by atoms with Crippen molar-refractivity contribution in [3.63, 3.8) is 0 Å². The summed E-state index contributed by atoms with van der Waals surface area (Å²) >= 11 is 0. The number of urea groups is 1. The molecule has 0 aliphatic carbocycles. The van der Waals surface area contributed by atoms with E-state index in [1.807, 2.05) is 44.2 Å². The number of carbonyl (C=O) groups is 2. The molecule has 3 rings (SSSR count). The minimum Gasteiger partial charge on any atom is -0.332 e. The average molecular weight is 324 g/mol. The van der Waals surface area contributed by atoms with Crippen molar-refractivity contribution in [3.05, 3.63) is 59.4 Å². The van der Waals surface area contributed by atoms with Gasteiger partial charge in [0, 0.05) is 18.1 Å². The van der Waals surface area contributed by atoms with E-state index in [2.05, 4.69) is 20.9 Å². The highest BCUT2D eigenvalue weighted by molar-refractivity contribution is 5.99. The van der Waals surface area contributed by atoms with Gasteiger partial charge in [-0.1, -0.05) is 12.1 Å². The van der Waals surface area contributed by atoms with Crippen molar-refractivity contribution in [2.75, 3.05) is 5.32 Å². The first-order valence-electron chi connectivity index (χ1n) is 7.92. The predicted molar refractivity (Wildman–Crippen MR) is 91.5 cm³/mol. The fourth-order valence-corrected chi connectivity index (χ4v) is 2.77. The van der Waals surface area contributed by atoms with Gasteiger partial charge in [0.1, 0.15) is 0 Å². The molecule has 0 radical (unpaired) electrons. The number of hydrogen-bond acceptors (Lipinski definition) is 3. The highest BCUT2D eigenvalue weighted by Gasteiger charge is 2.19. The molecule has 124 valence electrons. The Kier molecular flexibility index (Phi) is 4.46. The van der Waals surface area contributed by atoms with Gasteiger partial charge in [0.2, 0.25) is 5.91 Å². The molecule has 3 amide bonds. The normalized spacial score (nSPS) is 15.2. The first-order chi connectivity index (χ1) is 11.5. The number of fused-ring (bicyclic) bond motifs is 1. The van der Waals surface area contributed by atoms with Crippen LogP contribution in [0, 0.1) is 0 Å².